The summed E-state index contributed by atoms with van der Waals surface area (Å²) in [5, 5.41) is 7.15. The molecule has 3 N–H and O–H groups in total. The second-order valence-electron chi connectivity index (χ2n) is 8.57. The molecular formula is C23H29N5O4S. The average Bonchev–Trinajstić information content (AvgIpc) is 3.15. The van der Waals surface area contributed by atoms with Crippen LogP contribution in [0.15, 0.2) is 24.5 Å². The van der Waals surface area contributed by atoms with Gasteiger partial charge in [-0.1, -0.05) is 6.07 Å². The lowest BCUT2D eigenvalue weighted by Gasteiger charge is -2.22. The van der Waals surface area contributed by atoms with Crippen molar-refractivity contribution in [2.24, 2.45) is 5.92 Å². The molecule has 10 heteroatoms. The van der Waals surface area contributed by atoms with Crippen molar-refractivity contribution in [2.75, 3.05) is 31.0 Å². The van der Waals surface area contributed by atoms with E-state index in [1.165, 1.54) is 12.6 Å². The maximum absolute atomic E-state index is 12.7. The summed E-state index contributed by atoms with van der Waals surface area (Å²) in [4.78, 5) is 25.0. The summed E-state index contributed by atoms with van der Waals surface area (Å²) in [7, 11) is -1.40. The number of amides is 1. The third kappa shape index (κ3) is 5.27. The van der Waals surface area contributed by atoms with Crippen molar-refractivity contribution < 1.29 is 17.9 Å². The Labute approximate surface area is 193 Å². The van der Waals surface area contributed by atoms with Crippen LogP contribution in [0, 0.1) is 12.8 Å². The molecule has 0 saturated carbocycles. The molecule has 0 radical (unpaired) electrons. The Kier molecular flexibility index (Phi) is 6.55. The lowest BCUT2D eigenvalue weighted by atomic mass is 9.86. The predicted octanol–water partition coefficient (Wildman–Crippen LogP) is 2.67. The van der Waals surface area contributed by atoms with Gasteiger partial charge in [-0.2, -0.15) is 0 Å². The maximum Gasteiger partial charge on any atom is 0.223 e. The summed E-state index contributed by atoms with van der Waals surface area (Å²) in [5.41, 5.74) is 4.74. The number of carbonyl (C=O) groups is 1. The highest BCUT2D eigenvalue weighted by atomic mass is 32.2. The zero-order valence-corrected chi connectivity index (χ0v) is 19.9. The van der Waals surface area contributed by atoms with E-state index in [9.17, 15) is 13.2 Å². The third-order valence-electron chi connectivity index (χ3n) is 5.95. The van der Waals surface area contributed by atoms with Crippen LogP contribution in [0.5, 0.6) is 5.75 Å². The molecule has 0 bridgehead atoms. The van der Waals surface area contributed by atoms with E-state index in [4.69, 9.17) is 4.74 Å². The Balaban J connectivity index is 1.55. The van der Waals surface area contributed by atoms with Gasteiger partial charge < -0.3 is 20.4 Å². The van der Waals surface area contributed by atoms with Gasteiger partial charge in [-0.25, -0.2) is 18.4 Å². The Bertz CT molecular complexity index is 1290. The van der Waals surface area contributed by atoms with E-state index >= 15 is 0 Å². The van der Waals surface area contributed by atoms with E-state index in [0.717, 1.165) is 52.1 Å². The molecule has 176 valence electrons. The topological polar surface area (TPSA) is 126 Å². The van der Waals surface area contributed by atoms with Gasteiger partial charge in [0.2, 0.25) is 5.91 Å². The van der Waals surface area contributed by atoms with Crippen LogP contribution in [0.2, 0.25) is 0 Å². The molecule has 2 heterocycles. The molecule has 3 aromatic rings. The SMILES string of the molecule is COc1cc(C)ccc1Nc1ncnc2[nH]c3c(c12)CC(C(=O)NCCCS(C)(=O)=O)CC3. The Hall–Kier alpha value is -3.14. The first-order chi connectivity index (χ1) is 15.7. The summed E-state index contributed by atoms with van der Waals surface area (Å²) >= 11 is 0. The van der Waals surface area contributed by atoms with Crippen molar-refractivity contribution in [3.63, 3.8) is 0 Å². The number of hydrogen-bond donors (Lipinski definition) is 3. The number of methoxy groups -OCH3 is 1. The first-order valence-electron chi connectivity index (χ1n) is 11.0. The third-order valence-corrected chi connectivity index (χ3v) is 6.98. The lowest BCUT2D eigenvalue weighted by molar-refractivity contribution is -0.125. The van der Waals surface area contributed by atoms with Gasteiger partial charge in [0, 0.05) is 24.4 Å². The van der Waals surface area contributed by atoms with Crippen LogP contribution in [-0.2, 0) is 27.5 Å². The fourth-order valence-electron chi connectivity index (χ4n) is 4.28. The second kappa shape index (κ2) is 9.38. The number of nitrogens with zero attached hydrogens (tertiary/aromatic N) is 2. The maximum atomic E-state index is 12.7. The monoisotopic (exact) mass is 471 g/mol. The molecule has 1 amide bonds. The molecule has 1 aliphatic carbocycles. The number of sulfone groups is 1. The zero-order valence-electron chi connectivity index (χ0n) is 19.1. The van der Waals surface area contributed by atoms with Gasteiger partial charge in [0.25, 0.3) is 0 Å². The van der Waals surface area contributed by atoms with Crippen molar-refractivity contribution in [2.45, 2.75) is 32.6 Å². The fourth-order valence-corrected chi connectivity index (χ4v) is 4.95. The summed E-state index contributed by atoms with van der Waals surface area (Å²) in [6.45, 7) is 2.36. The molecule has 1 unspecified atom stereocenters. The number of anilines is 2. The van der Waals surface area contributed by atoms with E-state index in [0.29, 0.717) is 25.2 Å². The van der Waals surface area contributed by atoms with Gasteiger partial charge in [-0.15, -0.1) is 0 Å². The standard InChI is InChI=1S/C23H29N5O4S/c1-14-5-7-18(19(11-14)32-2)28-22-20-16-12-15(23(29)24-9-4-10-33(3,30)31)6-8-17(16)27-21(20)25-13-26-22/h5,7,11,13,15H,4,6,8-10,12H2,1-3H3,(H,24,29)(H2,25,26,27,28). The molecule has 1 atom stereocenters. The van der Waals surface area contributed by atoms with Gasteiger partial charge in [-0.3, -0.25) is 4.79 Å². The van der Waals surface area contributed by atoms with Crippen LogP contribution in [-0.4, -0.2) is 54.9 Å². The Morgan fingerprint density at radius 3 is 2.88 bits per heavy atom. The molecule has 1 aromatic carbocycles. The number of hydrogen-bond acceptors (Lipinski definition) is 7. The molecule has 1 aliphatic rings. The first kappa shape index (κ1) is 23.0. The predicted molar refractivity (Wildman–Crippen MR) is 128 cm³/mol. The van der Waals surface area contributed by atoms with Crippen LogP contribution >= 0.6 is 0 Å². The van der Waals surface area contributed by atoms with Crippen LogP contribution in [0.1, 0.15) is 29.7 Å². The van der Waals surface area contributed by atoms with E-state index in [-0.39, 0.29) is 17.6 Å². The highest BCUT2D eigenvalue weighted by Gasteiger charge is 2.29. The summed E-state index contributed by atoms with van der Waals surface area (Å²) in [6.07, 6.45) is 5.16. The number of fused-ring (bicyclic) bond motifs is 3. The number of carbonyl (C=O) groups excluding carboxylic acids is 1. The average molecular weight is 472 g/mol. The van der Waals surface area contributed by atoms with Crippen LogP contribution < -0.4 is 15.4 Å². The molecule has 0 aliphatic heterocycles. The first-order valence-corrected chi connectivity index (χ1v) is 13.0. The zero-order chi connectivity index (χ0) is 23.6. The van der Waals surface area contributed by atoms with Crippen LogP contribution in [0.4, 0.5) is 11.5 Å². The smallest absolute Gasteiger partial charge is 0.223 e. The van der Waals surface area contributed by atoms with Gasteiger partial charge in [0.15, 0.2) is 0 Å². The van der Waals surface area contributed by atoms with Crippen molar-refractivity contribution in [1.82, 2.24) is 20.3 Å². The van der Waals surface area contributed by atoms with E-state index < -0.39 is 9.84 Å². The number of H-pyrrole nitrogens is 1. The number of aromatic amines is 1. The van der Waals surface area contributed by atoms with Crippen molar-refractivity contribution >= 4 is 38.3 Å². The fraction of sp³-hybridized carbons (Fsp3) is 0.435. The lowest BCUT2D eigenvalue weighted by Crippen LogP contribution is -2.35. The minimum atomic E-state index is -3.03. The van der Waals surface area contributed by atoms with Crippen molar-refractivity contribution in [1.29, 1.82) is 0 Å². The normalized spacial score (nSPS) is 15.8. The number of nitrogens with one attached hydrogen (secondary N) is 3. The van der Waals surface area contributed by atoms with Crippen molar-refractivity contribution in [3.05, 3.63) is 41.3 Å². The summed E-state index contributed by atoms with van der Waals surface area (Å²) in [5.74, 6) is 1.22. The molecule has 2 aromatic heterocycles. The molecule has 0 spiro atoms. The summed E-state index contributed by atoms with van der Waals surface area (Å²) in [6, 6.07) is 5.91. The number of aromatic nitrogens is 3. The number of ether oxygens (including phenoxy) is 1. The summed E-state index contributed by atoms with van der Waals surface area (Å²) < 4.78 is 28.1. The largest absolute Gasteiger partial charge is 0.495 e. The number of benzene rings is 1. The highest BCUT2D eigenvalue weighted by molar-refractivity contribution is 7.90. The number of rotatable bonds is 8. The van der Waals surface area contributed by atoms with E-state index in [1.807, 2.05) is 25.1 Å². The van der Waals surface area contributed by atoms with Crippen LogP contribution in [0.3, 0.4) is 0 Å². The molecular weight excluding hydrogens is 442 g/mol. The molecule has 0 fully saturated rings. The van der Waals surface area contributed by atoms with Crippen LogP contribution in [0.25, 0.3) is 11.0 Å². The van der Waals surface area contributed by atoms with E-state index in [1.54, 1.807) is 7.11 Å². The highest BCUT2D eigenvalue weighted by Crippen LogP contribution is 2.36. The van der Waals surface area contributed by atoms with Crippen molar-refractivity contribution in [3.8, 4) is 5.75 Å². The Morgan fingerprint density at radius 1 is 1.30 bits per heavy atom. The molecule has 9 nitrogen and oxygen atoms in total. The molecule has 0 saturated heterocycles. The minimum Gasteiger partial charge on any atom is -0.495 e. The molecule has 33 heavy (non-hydrogen) atoms. The number of aryl methyl sites for hydroxylation is 2. The van der Waals surface area contributed by atoms with E-state index in [2.05, 4.69) is 25.6 Å². The minimum absolute atomic E-state index is 0.0462. The van der Waals surface area contributed by atoms with Gasteiger partial charge in [0.05, 0.1) is 23.9 Å². The van der Waals surface area contributed by atoms with Gasteiger partial charge in [0.1, 0.15) is 33.4 Å². The second-order valence-corrected chi connectivity index (χ2v) is 10.8. The quantitative estimate of drug-likeness (QED) is 0.431. The van der Waals surface area contributed by atoms with Gasteiger partial charge in [-0.05, 0) is 55.9 Å². The Morgan fingerprint density at radius 2 is 2.12 bits per heavy atom. The van der Waals surface area contributed by atoms with Gasteiger partial charge >= 0.3 is 0 Å². The molecule has 4 rings (SSSR count).